The van der Waals surface area contributed by atoms with E-state index in [9.17, 15) is 9.59 Å². The predicted octanol–water partition coefficient (Wildman–Crippen LogP) is 2.50. The first-order valence-electron chi connectivity index (χ1n) is 8.32. The minimum absolute atomic E-state index is 0.0758. The van der Waals surface area contributed by atoms with E-state index in [0.29, 0.717) is 31.2 Å². The van der Waals surface area contributed by atoms with Crippen LogP contribution in [0.1, 0.15) is 17.7 Å². The number of nitrogens with one attached hydrogen (secondary N) is 1. The standard InChI is InChI=1S/C19H23N3O4/c1-15-13-17(21-26-15)20-18(23)14-22(11-6-12-25-2)19(24)10-9-16-7-4-3-5-8-16/h3-5,7-10,13H,6,11-12,14H2,1-2H3,(H,20,21,23)/b10-9+. The fourth-order valence-electron chi connectivity index (χ4n) is 2.29. The molecule has 1 N–H and O–H groups in total. The Labute approximate surface area is 152 Å². The number of hydrogen-bond donors (Lipinski definition) is 1. The zero-order chi connectivity index (χ0) is 18.8. The normalized spacial score (nSPS) is 10.8. The fourth-order valence-corrected chi connectivity index (χ4v) is 2.29. The molecule has 0 bridgehead atoms. The summed E-state index contributed by atoms with van der Waals surface area (Å²) < 4.78 is 9.94. The van der Waals surface area contributed by atoms with Crippen LogP contribution in [0.5, 0.6) is 0 Å². The van der Waals surface area contributed by atoms with Gasteiger partial charge in [0, 0.05) is 32.4 Å². The van der Waals surface area contributed by atoms with Crippen molar-refractivity contribution in [2.24, 2.45) is 0 Å². The molecule has 0 aliphatic carbocycles. The highest BCUT2D eigenvalue weighted by Gasteiger charge is 2.16. The molecule has 0 atom stereocenters. The van der Waals surface area contributed by atoms with Crippen molar-refractivity contribution >= 4 is 23.7 Å². The fraction of sp³-hybridized carbons (Fsp3) is 0.316. The number of carbonyl (C=O) groups excluding carboxylic acids is 2. The van der Waals surface area contributed by atoms with Crippen molar-refractivity contribution in [1.29, 1.82) is 0 Å². The van der Waals surface area contributed by atoms with Crippen molar-refractivity contribution in [3.8, 4) is 0 Å². The van der Waals surface area contributed by atoms with Gasteiger partial charge in [0.05, 0.1) is 0 Å². The highest BCUT2D eigenvalue weighted by atomic mass is 16.5. The Bertz CT molecular complexity index is 740. The molecular formula is C19H23N3O4. The Balaban J connectivity index is 1.98. The quantitative estimate of drug-likeness (QED) is 0.551. The van der Waals surface area contributed by atoms with Gasteiger partial charge in [0.2, 0.25) is 11.8 Å². The minimum atomic E-state index is -0.336. The molecule has 7 heteroatoms. The van der Waals surface area contributed by atoms with E-state index in [2.05, 4.69) is 10.5 Å². The summed E-state index contributed by atoms with van der Waals surface area (Å²) in [6, 6.07) is 11.1. The highest BCUT2D eigenvalue weighted by Crippen LogP contribution is 2.08. The Morgan fingerprint density at radius 2 is 2.08 bits per heavy atom. The molecular weight excluding hydrogens is 334 g/mol. The Morgan fingerprint density at radius 1 is 1.31 bits per heavy atom. The summed E-state index contributed by atoms with van der Waals surface area (Å²) in [5.74, 6) is 0.351. The maximum atomic E-state index is 12.5. The first kappa shape index (κ1) is 19.4. The molecule has 0 fully saturated rings. The average Bonchev–Trinajstić information content (AvgIpc) is 3.04. The van der Waals surface area contributed by atoms with Gasteiger partial charge in [-0.05, 0) is 25.0 Å². The Hall–Kier alpha value is -2.93. The van der Waals surface area contributed by atoms with Crippen LogP contribution in [0.2, 0.25) is 0 Å². The van der Waals surface area contributed by atoms with Crippen molar-refractivity contribution in [2.75, 3.05) is 32.1 Å². The second-order valence-electron chi connectivity index (χ2n) is 5.72. The summed E-state index contributed by atoms with van der Waals surface area (Å²) in [6.07, 6.45) is 3.83. The molecule has 1 heterocycles. The van der Waals surface area contributed by atoms with Gasteiger partial charge in [-0.1, -0.05) is 35.5 Å². The van der Waals surface area contributed by atoms with Gasteiger partial charge < -0.3 is 19.5 Å². The molecule has 7 nitrogen and oxygen atoms in total. The number of amides is 2. The summed E-state index contributed by atoms with van der Waals surface area (Å²) in [4.78, 5) is 26.2. The summed E-state index contributed by atoms with van der Waals surface area (Å²) in [5.41, 5.74) is 0.917. The summed E-state index contributed by atoms with van der Waals surface area (Å²) in [5, 5.41) is 6.33. The van der Waals surface area contributed by atoms with Crippen LogP contribution in [0, 0.1) is 6.92 Å². The van der Waals surface area contributed by atoms with Crippen LogP contribution >= 0.6 is 0 Å². The van der Waals surface area contributed by atoms with Crippen molar-refractivity contribution in [3.05, 3.63) is 53.8 Å². The SMILES string of the molecule is COCCCN(CC(=O)Nc1cc(C)on1)C(=O)/C=C/c1ccccc1. The van der Waals surface area contributed by atoms with Gasteiger partial charge in [0.15, 0.2) is 5.82 Å². The lowest BCUT2D eigenvalue weighted by Crippen LogP contribution is -2.38. The van der Waals surface area contributed by atoms with E-state index >= 15 is 0 Å². The molecule has 1 aromatic carbocycles. The highest BCUT2D eigenvalue weighted by molar-refractivity contribution is 5.97. The maximum Gasteiger partial charge on any atom is 0.247 e. The van der Waals surface area contributed by atoms with Crippen molar-refractivity contribution in [2.45, 2.75) is 13.3 Å². The van der Waals surface area contributed by atoms with Gasteiger partial charge in [0.25, 0.3) is 0 Å². The van der Waals surface area contributed by atoms with Crippen LogP contribution in [-0.2, 0) is 14.3 Å². The van der Waals surface area contributed by atoms with E-state index in [4.69, 9.17) is 9.26 Å². The average molecular weight is 357 g/mol. The molecule has 0 saturated carbocycles. The smallest absolute Gasteiger partial charge is 0.247 e. The zero-order valence-electron chi connectivity index (χ0n) is 15.0. The van der Waals surface area contributed by atoms with E-state index in [1.165, 1.54) is 11.0 Å². The van der Waals surface area contributed by atoms with Gasteiger partial charge >= 0.3 is 0 Å². The molecule has 0 aliphatic rings. The van der Waals surface area contributed by atoms with Crippen molar-refractivity contribution in [3.63, 3.8) is 0 Å². The number of aromatic nitrogens is 1. The number of anilines is 1. The van der Waals surface area contributed by atoms with Gasteiger partial charge in [-0.25, -0.2) is 0 Å². The third-order valence-corrected chi connectivity index (χ3v) is 3.54. The van der Waals surface area contributed by atoms with Crippen LogP contribution in [0.3, 0.4) is 0 Å². The predicted molar refractivity (Wildman–Crippen MR) is 98.4 cm³/mol. The second-order valence-corrected chi connectivity index (χ2v) is 5.72. The lowest BCUT2D eigenvalue weighted by atomic mass is 10.2. The van der Waals surface area contributed by atoms with Crippen molar-refractivity contribution < 1.29 is 18.8 Å². The summed E-state index contributed by atoms with van der Waals surface area (Å²) in [6.45, 7) is 2.58. The summed E-state index contributed by atoms with van der Waals surface area (Å²) >= 11 is 0. The van der Waals surface area contributed by atoms with E-state index in [1.807, 2.05) is 30.3 Å². The van der Waals surface area contributed by atoms with E-state index in [1.54, 1.807) is 26.2 Å². The zero-order valence-corrected chi connectivity index (χ0v) is 15.0. The molecule has 0 aliphatic heterocycles. The van der Waals surface area contributed by atoms with E-state index in [-0.39, 0.29) is 18.4 Å². The Morgan fingerprint density at radius 3 is 2.73 bits per heavy atom. The topological polar surface area (TPSA) is 84.7 Å². The first-order valence-corrected chi connectivity index (χ1v) is 8.32. The molecule has 2 rings (SSSR count). The molecule has 138 valence electrons. The minimum Gasteiger partial charge on any atom is -0.385 e. The van der Waals surface area contributed by atoms with Crippen LogP contribution < -0.4 is 5.32 Å². The van der Waals surface area contributed by atoms with Crippen LogP contribution in [0.15, 0.2) is 47.0 Å². The third-order valence-electron chi connectivity index (χ3n) is 3.54. The second kappa shape index (κ2) is 10.1. The van der Waals surface area contributed by atoms with Gasteiger partial charge in [-0.15, -0.1) is 0 Å². The molecule has 0 saturated heterocycles. The molecule has 2 aromatic rings. The third kappa shape index (κ3) is 6.52. The number of methoxy groups -OCH3 is 1. The van der Waals surface area contributed by atoms with Crippen LogP contribution in [0.4, 0.5) is 5.82 Å². The van der Waals surface area contributed by atoms with Gasteiger partial charge in [0.1, 0.15) is 12.3 Å². The van der Waals surface area contributed by atoms with Crippen molar-refractivity contribution in [1.82, 2.24) is 10.1 Å². The Kier molecular flexibility index (Phi) is 7.57. The van der Waals surface area contributed by atoms with E-state index < -0.39 is 0 Å². The molecule has 0 radical (unpaired) electrons. The number of ether oxygens (including phenoxy) is 1. The number of nitrogens with zero attached hydrogens (tertiary/aromatic N) is 2. The first-order chi connectivity index (χ1) is 12.6. The van der Waals surface area contributed by atoms with Gasteiger partial charge in [-0.2, -0.15) is 0 Å². The van der Waals surface area contributed by atoms with E-state index in [0.717, 1.165) is 5.56 Å². The number of rotatable bonds is 9. The summed E-state index contributed by atoms with van der Waals surface area (Å²) in [7, 11) is 1.60. The van der Waals surface area contributed by atoms with Crippen LogP contribution in [-0.4, -0.2) is 48.7 Å². The molecule has 1 aromatic heterocycles. The number of aryl methyl sites for hydroxylation is 1. The largest absolute Gasteiger partial charge is 0.385 e. The van der Waals surface area contributed by atoms with Crippen LogP contribution in [0.25, 0.3) is 6.08 Å². The lowest BCUT2D eigenvalue weighted by Gasteiger charge is -2.20. The molecule has 0 spiro atoms. The molecule has 2 amide bonds. The number of carbonyl (C=O) groups is 2. The maximum absolute atomic E-state index is 12.5. The monoisotopic (exact) mass is 357 g/mol. The molecule has 26 heavy (non-hydrogen) atoms. The number of hydrogen-bond acceptors (Lipinski definition) is 5. The van der Waals surface area contributed by atoms with Gasteiger partial charge in [-0.3, -0.25) is 9.59 Å². The lowest BCUT2D eigenvalue weighted by molar-refractivity contribution is -0.130. The molecule has 0 unspecified atom stereocenters. The number of benzene rings is 1.